The lowest BCUT2D eigenvalue weighted by Crippen LogP contribution is -2.41. The predicted octanol–water partition coefficient (Wildman–Crippen LogP) is 5.70. The highest BCUT2D eigenvalue weighted by atomic mass is 16.2. The van der Waals surface area contributed by atoms with E-state index in [-0.39, 0.29) is 29.4 Å². The molecule has 170 valence electrons. The number of anilines is 1. The Bertz CT molecular complexity index is 1210. The minimum absolute atomic E-state index is 0.0944. The third-order valence-electron chi connectivity index (χ3n) is 7.84. The summed E-state index contributed by atoms with van der Waals surface area (Å²) in [6, 6.07) is 23.5. The molecule has 0 spiro atoms. The van der Waals surface area contributed by atoms with Crippen LogP contribution in [0.4, 0.5) is 5.69 Å². The minimum atomic E-state index is -0.394. The van der Waals surface area contributed by atoms with Gasteiger partial charge in [0.25, 0.3) is 0 Å². The zero-order chi connectivity index (χ0) is 23.6. The van der Waals surface area contributed by atoms with E-state index in [9.17, 15) is 14.4 Å². The van der Waals surface area contributed by atoms with Crippen molar-refractivity contribution in [2.45, 2.75) is 38.5 Å². The number of hydrogen-bond donors (Lipinski definition) is 0. The molecule has 0 N–H and O–H groups in total. The second kappa shape index (κ2) is 7.76. The summed E-state index contributed by atoms with van der Waals surface area (Å²) < 4.78 is 0. The molecule has 0 aromatic heterocycles. The molecule has 2 atom stereocenters. The molecule has 0 saturated carbocycles. The Labute approximate surface area is 199 Å². The smallest absolute Gasteiger partial charge is 0.238 e. The van der Waals surface area contributed by atoms with E-state index >= 15 is 0 Å². The van der Waals surface area contributed by atoms with E-state index in [4.69, 9.17) is 0 Å². The third-order valence-corrected chi connectivity index (χ3v) is 7.84. The molecule has 34 heavy (non-hydrogen) atoms. The molecule has 2 amide bonds. The van der Waals surface area contributed by atoms with E-state index in [2.05, 4.69) is 38.1 Å². The first-order valence-electron chi connectivity index (χ1n) is 12.2. The molecule has 4 nitrogen and oxygen atoms in total. The van der Waals surface area contributed by atoms with Gasteiger partial charge in [-0.25, -0.2) is 4.90 Å². The lowest BCUT2D eigenvalue weighted by atomic mass is 9.55. The van der Waals surface area contributed by atoms with Crippen molar-refractivity contribution in [3.63, 3.8) is 0 Å². The Hall–Kier alpha value is -3.53. The van der Waals surface area contributed by atoms with Crippen molar-refractivity contribution >= 4 is 23.3 Å². The number of carbonyl (C=O) groups excluding carboxylic acids is 3. The van der Waals surface area contributed by atoms with E-state index in [0.717, 1.165) is 6.42 Å². The van der Waals surface area contributed by atoms with Gasteiger partial charge < -0.3 is 0 Å². The maximum absolute atomic E-state index is 13.8. The fourth-order valence-electron chi connectivity index (χ4n) is 6.29. The van der Waals surface area contributed by atoms with Gasteiger partial charge in [-0.3, -0.25) is 14.4 Å². The van der Waals surface area contributed by atoms with Crippen molar-refractivity contribution in [2.75, 3.05) is 4.90 Å². The zero-order valence-electron chi connectivity index (χ0n) is 19.4. The highest BCUT2D eigenvalue weighted by molar-refractivity contribution is 6.23. The van der Waals surface area contributed by atoms with Gasteiger partial charge in [0.1, 0.15) is 0 Å². The quantitative estimate of drug-likeness (QED) is 0.371. The maximum Gasteiger partial charge on any atom is 0.238 e. The summed E-state index contributed by atoms with van der Waals surface area (Å²) in [5.74, 6) is -0.710. The summed E-state index contributed by atoms with van der Waals surface area (Å²) in [5.41, 5.74) is 5.85. The number of ketones is 1. The molecule has 3 aromatic carbocycles. The largest absolute Gasteiger partial charge is 0.294 e. The van der Waals surface area contributed by atoms with Gasteiger partial charge in [-0.1, -0.05) is 62.4 Å². The lowest BCUT2D eigenvalue weighted by Gasteiger charge is -2.45. The number of hydrogen-bond acceptors (Lipinski definition) is 3. The second-order valence-corrected chi connectivity index (χ2v) is 10.2. The van der Waals surface area contributed by atoms with E-state index in [1.54, 1.807) is 24.3 Å². The van der Waals surface area contributed by atoms with Gasteiger partial charge in [-0.15, -0.1) is 0 Å². The van der Waals surface area contributed by atoms with Crippen LogP contribution in [-0.4, -0.2) is 17.6 Å². The molecule has 4 aliphatic rings. The standard InChI is InChI=1S/C30H27NO3/c1-17(2)11-16-24(32)18-12-14-19(15-13-18)31-29(33)27-25-20-7-3-4-8-21(20)26(28(27)30(31)34)23-10-6-5-9-22(23)25/h3-10,12-15,17,25-28H,11,16H2,1-2H3/t25?,26?,27-,28-/m1/s1. The average Bonchev–Trinajstić information content (AvgIpc) is 3.13. The maximum atomic E-state index is 13.8. The number of benzene rings is 3. The Balaban J connectivity index is 1.37. The molecule has 3 aliphatic carbocycles. The van der Waals surface area contributed by atoms with Crippen molar-refractivity contribution in [2.24, 2.45) is 17.8 Å². The Morgan fingerprint density at radius 2 is 1.18 bits per heavy atom. The fraction of sp³-hybridized carbons (Fsp3) is 0.300. The Morgan fingerprint density at radius 3 is 1.59 bits per heavy atom. The first-order valence-corrected chi connectivity index (χ1v) is 12.2. The molecule has 2 bridgehead atoms. The number of amides is 2. The van der Waals surface area contributed by atoms with Gasteiger partial charge in [0.15, 0.2) is 5.78 Å². The van der Waals surface area contributed by atoms with E-state index in [1.807, 2.05) is 24.3 Å². The predicted molar refractivity (Wildman–Crippen MR) is 131 cm³/mol. The van der Waals surface area contributed by atoms with Gasteiger partial charge in [-0.05, 0) is 58.9 Å². The van der Waals surface area contributed by atoms with Crippen LogP contribution >= 0.6 is 0 Å². The van der Waals surface area contributed by atoms with Crippen LogP contribution in [0.5, 0.6) is 0 Å². The molecule has 4 heteroatoms. The van der Waals surface area contributed by atoms with Crippen LogP contribution < -0.4 is 4.90 Å². The molecule has 1 aliphatic heterocycles. The van der Waals surface area contributed by atoms with Crippen molar-refractivity contribution in [3.05, 3.63) is 101 Å². The summed E-state index contributed by atoms with van der Waals surface area (Å²) >= 11 is 0. The fourth-order valence-corrected chi connectivity index (χ4v) is 6.29. The number of imide groups is 1. The normalized spacial score (nSPS) is 24.3. The van der Waals surface area contributed by atoms with Crippen LogP contribution in [0.1, 0.15) is 71.1 Å². The van der Waals surface area contributed by atoms with Crippen LogP contribution in [0.25, 0.3) is 0 Å². The SMILES string of the molecule is CC(C)CCC(=O)c1ccc(N2C(=O)[C@@H]3C4c5ccccc5C(c5ccccc54)[C@H]3C2=O)cc1. The van der Waals surface area contributed by atoms with Crippen molar-refractivity contribution in [3.8, 4) is 0 Å². The molecule has 3 aromatic rings. The van der Waals surface area contributed by atoms with Gasteiger partial charge >= 0.3 is 0 Å². The van der Waals surface area contributed by atoms with Crippen molar-refractivity contribution < 1.29 is 14.4 Å². The van der Waals surface area contributed by atoms with Gasteiger partial charge in [0.05, 0.1) is 17.5 Å². The molecule has 0 unspecified atom stereocenters. The Kier molecular flexibility index (Phi) is 4.80. The van der Waals surface area contributed by atoms with Crippen LogP contribution in [0.2, 0.25) is 0 Å². The minimum Gasteiger partial charge on any atom is -0.294 e. The molecule has 1 fully saturated rings. The summed E-state index contributed by atoms with van der Waals surface area (Å²) in [7, 11) is 0. The van der Waals surface area contributed by atoms with Crippen molar-refractivity contribution in [1.82, 2.24) is 0 Å². The number of Topliss-reactive ketones (excluding diaryl/α,β-unsaturated/α-hetero) is 1. The highest BCUT2D eigenvalue weighted by Gasteiger charge is 2.61. The zero-order valence-corrected chi connectivity index (χ0v) is 19.4. The first-order chi connectivity index (χ1) is 16.5. The average molecular weight is 450 g/mol. The number of nitrogens with zero attached hydrogens (tertiary/aromatic N) is 1. The van der Waals surface area contributed by atoms with Crippen molar-refractivity contribution in [1.29, 1.82) is 0 Å². The topological polar surface area (TPSA) is 54.5 Å². The van der Waals surface area contributed by atoms with Crippen LogP contribution in [0.3, 0.4) is 0 Å². The molecule has 7 rings (SSSR count). The van der Waals surface area contributed by atoms with Crippen LogP contribution in [0, 0.1) is 17.8 Å². The summed E-state index contributed by atoms with van der Waals surface area (Å²) in [6.45, 7) is 4.20. The summed E-state index contributed by atoms with van der Waals surface area (Å²) in [5, 5.41) is 0. The van der Waals surface area contributed by atoms with E-state index in [1.165, 1.54) is 27.2 Å². The van der Waals surface area contributed by atoms with E-state index < -0.39 is 11.8 Å². The number of rotatable bonds is 5. The molecule has 0 radical (unpaired) electrons. The summed E-state index contributed by atoms with van der Waals surface area (Å²) in [4.78, 5) is 41.5. The molecule has 1 heterocycles. The molecular weight excluding hydrogens is 422 g/mol. The van der Waals surface area contributed by atoms with Gasteiger partial charge in [0.2, 0.25) is 11.8 Å². The molecule has 1 saturated heterocycles. The van der Waals surface area contributed by atoms with Crippen LogP contribution in [0.15, 0.2) is 72.8 Å². The first kappa shape index (κ1) is 21.0. The monoisotopic (exact) mass is 449 g/mol. The van der Waals surface area contributed by atoms with Crippen LogP contribution in [-0.2, 0) is 9.59 Å². The summed E-state index contributed by atoms with van der Waals surface area (Å²) in [6.07, 6.45) is 1.35. The second-order valence-electron chi connectivity index (χ2n) is 10.2. The lowest BCUT2D eigenvalue weighted by molar-refractivity contribution is -0.122. The highest BCUT2D eigenvalue weighted by Crippen LogP contribution is 2.61. The van der Waals surface area contributed by atoms with Gasteiger partial charge in [-0.2, -0.15) is 0 Å². The third kappa shape index (κ3) is 2.94. The van der Waals surface area contributed by atoms with E-state index in [0.29, 0.717) is 23.6 Å². The Morgan fingerprint density at radius 1 is 0.735 bits per heavy atom. The molecular formula is C30H27NO3. The van der Waals surface area contributed by atoms with Gasteiger partial charge in [0, 0.05) is 23.8 Å². The number of carbonyl (C=O) groups is 3.